The first-order valence-corrected chi connectivity index (χ1v) is 9.32. The number of benzene rings is 2. The Morgan fingerprint density at radius 1 is 1.08 bits per heavy atom. The lowest BCUT2D eigenvalue weighted by Crippen LogP contribution is -2.38. The van der Waals surface area contributed by atoms with Gasteiger partial charge in [-0.2, -0.15) is 0 Å². The van der Waals surface area contributed by atoms with Crippen LogP contribution < -0.4 is 0 Å². The van der Waals surface area contributed by atoms with Gasteiger partial charge in [-0.1, -0.05) is 24.6 Å². The van der Waals surface area contributed by atoms with E-state index in [1.165, 1.54) is 48.9 Å². The van der Waals surface area contributed by atoms with Crippen molar-refractivity contribution < 1.29 is 4.39 Å². The van der Waals surface area contributed by atoms with Gasteiger partial charge in [0.1, 0.15) is 5.82 Å². The average molecular weight is 336 g/mol. The molecule has 0 radical (unpaired) electrons. The summed E-state index contributed by atoms with van der Waals surface area (Å²) in [7, 11) is 0. The third kappa shape index (κ3) is 3.34. The molecule has 0 spiro atoms. The molecule has 1 saturated heterocycles. The van der Waals surface area contributed by atoms with E-state index in [1.54, 1.807) is 0 Å². The zero-order valence-electron chi connectivity index (χ0n) is 14.8. The summed E-state index contributed by atoms with van der Waals surface area (Å²) in [6.07, 6.45) is 4.98. The second kappa shape index (κ2) is 7.01. The Morgan fingerprint density at radius 2 is 1.88 bits per heavy atom. The number of hydrogen-bond donors (Lipinski definition) is 1. The normalized spacial score (nSPS) is 18.7. The molecule has 1 aliphatic rings. The highest BCUT2D eigenvalue weighted by Crippen LogP contribution is 2.31. The summed E-state index contributed by atoms with van der Waals surface area (Å²) in [6, 6.07) is 16.0. The molecule has 3 aromatic rings. The van der Waals surface area contributed by atoms with E-state index in [0.29, 0.717) is 6.04 Å². The van der Waals surface area contributed by atoms with Crippen LogP contribution in [0, 0.1) is 5.82 Å². The molecule has 1 aromatic heterocycles. The number of likely N-dealkylation sites (tertiary alicyclic amines) is 1. The lowest BCUT2D eigenvalue weighted by molar-refractivity contribution is 0.163. The zero-order valence-corrected chi connectivity index (χ0v) is 14.8. The van der Waals surface area contributed by atoms with Gasteiger partial charge in [0.05, 0.1) is 0 Å². The molecule has 1 fully saturated rings. The lowest BCUT2D eigenvalue weighted by atomic mass is 10.00. The molecule has 25 heavy (non-hydrogen) atoms. The fraction of sp³-hybridized carbons (Fsp3) is 0.364. The van der Waals surface area contributed by atoms with Gasteiger partial charge >= 0.3 is 0 Å². The second-order valence-electron chi connectivity index (χ2n) is 7.16. The van der Waals surface area contributed by atoms with Gasteiger partial charge in [0.2, 0.25) is 0 Å². The molecule has 1 atom stereocenters. The number of nitrogens with one attached hydrogen (secondary N) is 1. The Labute approximate surface area is 148 Å². The number of aromatic amines is 1. The highest BCUT2D eigenvalue weighted by atomic mass is 19.1. The monoisotopic (exact) mass is 336 g/mol. The van der Waals surface area contributed by atoms with Crippen LogP contribution in [0.1, 0.15) is 31.7 Å². The zero-order chi connectivity index (χ0) is 17.2. The van der Waals surface area contributed by atoms with Crippen molar-refractivity contribution in [2.24, 2.45) is 0 Å². The van der Waals surface area contributed by atoms with Crippen molar-refractivity contribution in [3.8, 4) is 11.3 Å². The molecular formula is C22H25FN2. The first-order chi connectivity index (χ1) is 12.2. The van der Waals surface area contributed by atoms with Crippen molar-refractivity contribution in [1.82, 2.24) is 9.88 Å². The van der Waals surface area contributed by atoms with Crippen molar-refractivity contribution in [1.29, 1.82) is 0 Å². The molecule has 2 aromatic carbocycles. The van der Waals surface area contributed by atoms with Crippen LogP contribution >= 0.6 is 0 Å². The third-order valence-electron chi connectivity index (χ3n) is 5.54. The first-order valence-electron chi connectivity index (χ1n) is 9.32. The van der Waals surface area contributed by atoms with Crippen molar-refractivity contribution in [2.75, 3.05) is 13.1 Å². The number of rotatable bonds is 4. The fourth-order valence-electron chi connectivity index (χ4n) is 4.07. The van der Waals surface area contributed by atoms with E-state index < -0.39 is 0 Å². The van der Waals surface area contributed by atoms with Crippen LogP contribution in [0.4, 0.5) is 4.39 Å². The number of aromatic nitrogens is 1. The Morgan fingerprint density at radius 3 is 2.68 bits per heavy atom. The van der Waals surface area contributed by atoms with Gasteiger partial charge in [-0.05, 0) is 74.2 Å². The fourth-order valence-corrected chi connectivity index (χ4v) is 4.07. The largest absolute Gasteiger partial charge is 0.354 e. The van der Waals surface area contributed by atoms with Gasteiger partial charge in [0.25, 0.3) is 0 Å². The summed E-state index contributed by atoms with van der Waals surface area (Å²) in [5, 5.41) is 1.28. The standard InChI is InChI=1S/C22H25FN2/c1-16-6-4-5-14-25(16)15-13-20-19-7-2-3-8-21(19)24-22(20)17-9-11-18(23)12-10-17/h2-3,7-12,16,24H,4-6,13-15H2,1H3. The maximum Gasteiger partial charge on any atom is 0.123 e. The van der Waals surface area contributed by atoms with Crippen molar-refractivity contribution in [3.63, 3.8) is 0 Å². The minimum atomic E-state index is -0.191. The molecule has 2 nitrogen and oxygen atoms in total. The number of halogens is 1. The second-order valence-corrected chi connectivity index (χ2v) is 7.16. The van der Waals surface area contributed by atoms with Crippen molar-refractivity contribution in [2.45, 2.75) is 38.6 Å². The first kappa shape index (κ1) is 16.3. The molecule has 0 aliphatic carbocycles. The Bertz CT molecular complexity index is 850. The molecule has 1 aliphatic heterocycles. The van der Waals surface area contributed by atoms with Crippen LogP contribution in [-0.4, -0.2) is 29.0 Å². The van der Waals surface area contributed by atoms with Gasteiger partial charge in [-0.25, -0.2) is 4.39 Å². The van der Waals surface area contributed by atoms with Gasteiger partial charge in [0, 0.05) is 29.2 Å². The van der Waals surface area contributed by atoms with Crippen LogP contribution in [0.15, 0.2) is 48.5 Å². The molecule has 130 valence electrons. The summed E-state index contributed by atoms with van der Waals surface area (Å²) < 4.78 is 13.3. The van der Waals surface area contributed by atoms with Gasteiger partial charge in [-0.15, -0.1) is 0 Å². The van der Waals surface area contributed by atoms with E-state index in [2.05, 4.69) is 41.1 Å². The number of nitrogens with zero attached hydrogens (tertiary/aromatic N) is 1. The SMILES string of the molecule is CC1CCCCN1CCc1c(-c2ccc(F)cc2)[nH]c2ccccc12. The topological polar surface area (TPSA) is 19.0 Å². The van der Waals surface area contributed by atoms with Crippen LogP contribution in [0.25, 0.3) is 22.2 Å². The maximum atomic E-state index is 13.3. The maximum absolute atomic E-state index is 13.3. The highest BCUT2D eigenvalue weighted by molar-refractivity contribution is 5.90. The number of H-pyrrole nitrogens is 1. The summed E-state index contributed by atoms with van der Waals surface area (Å²) in [5.74, 6) is -0.191. The summed E-state index contributed by atoms with van der Waals surface area (Å²) in [4.78, 5) is 6.17. The third-order valence-corrected chi connectivity index (χ3v) is 5.54. The van der Waals surface area contributed by atoms with E-state index in [-0.39, 0.29) is 5.82 Å². The van der Waals surface area contributed by atoms with Crippen LogP contribution in [-0.2, 0) is 6.42 Å². The average Bonchev–Trinajstić information content (AvgIpc) is 3.00. The Hall–Kier alpha value is -2.13. The summed E-state index contributed by atoms with van der Waals surface area (Å²) >= 11 is 0. The van der Waals surface area contributed by atoms with Crippen LogP contribution in [0.2, 0.25) is 0 Å². The minimum Gasteiger partial charge on any atom is -0.354 e. The Balaban J connectivity index is 1.68. The van der Waals surface area contributed by atoms with Crippen molar-refractivity contribution >= 4 is 10.9 Å². The molecular weight excluding hydrogens is 311 g/mol. The smallest absolute Gasteiger partial charge is 0.123 e. The molecule has 0 bridgehead atoms. The van der Waals surface area contributed by atoms with Gasteiger partial charge in [0.15, 0.2) is 0 Å². The van der Waals surface area contributed by atoms with Crippen LogP contribution in [0.5, 0.6) is 0 Å². The Kier molecular flexibility index (Phi) is 4.58. The number of piperidine rings is 1. The molecule has 1 N–H and O–H groups in total. The van der Waals surface area contributed by atoms with Crippen molar-refractivity contribution in [3.05, 3.63) is 59.9 Å². The number of hydrogen-bond acceptors (Lipinski definition) is 1. The van der Waals surface area contributed by atoms with E-state index in [1.807, 2.05) is 12.1 Å². The molecule has 4 rings (SSSR count). The quantitative estimate of drug-likeness (QED) is 0.677. The molecule has 0 amide bonds. The minimum absolute atomic E-state index is 0.191. The number of fused-ring (bicyclic) bond motifs is 1. The molecule has 1 unspecified atom stereocenters. The molecule has 2 heterocycles. The van der Waals surface area contributed by atoms with E-state index in [4.69, 9.17) is 0 Å². The van der Waals surface area contributed by atoms with Crippen LogP contribution in [0.3, 0.4) is 0 Å². The van der Waals surface area contributed by atoms with Gasteiger partial charge < -0.3 is 9.88 Å². The van der Waals surface area contributed by atoms with Gasteiger partial charge in [-0.3, -0.25) is 0 Å². The molecule has 3 heteroatoms. The highest BCUT2D eigenvalue weighted by Gasteiger charge is 2.20. The number of para-hydroxylation sites is 1. The van der Waals surface area contributed by atoms with E-state index in [9.17, 15) is 4.39 Å². The molecule has 0 saturated carbocycles. The predicted molar refractivity (Wildman–Crippen MR) is 102 cm³/mol. The summed E-state index contributed by atoms with van der Waals surface area (Å²) in [6.45, 7) is 4.63. The predicted octanol–water partition coefficient (Wildman–Crippen LogP) is 5.39. The van der Waals surface area contributed by atoms with E-state index >= 15 is 0 Å². The lowest BCUT2D eigenvalue weighted by Gasteiger charge is -2.33. The van der Waals surface area contributed by atoms with E-state index in [0.717, 1.165) is 29.7 Å². The summed E-state index contributed by atoms with van der Waals surface area (Å²) in [5.41, 5.74) is 4.69.